The SMILES string of the molecule is C[C@@H]1CC(=O)Nc2ccccc2N1C(=O)CN1C(=O)N[C@]2(CCCc3ccccc32)C1=O. The Bertz CT molecular complexity index is 1150. The molecule has 8 heteroatoms. The smallest absolute Gasteiger partial charge is 0.324 e. The number of anilines is 2. The number of carbonyl (C=O) groups is 4. The summed E-state index contributed by atoms with van der Waals surface area (Å²) in [4.78, 5) is 54.6. The first-order valence-corrected chi connectivity index (χ1v) is 10.8. The minimum absolute atomic E-state index is 0.123. The summed E-state index contributed by atoms with van der Waals surface area (Å²) in [7, 11) is 0. The Balaban J connectivity index is 1.45. The third-order valence-corrected chi connectivity index (χ3v) is 6.57. The maximum atomic E-state index is 13.5. The molecule has 1 saturated heterocycles. The lowest BCUT2D eigenvalue weighted by Crippen LogP contribution is -2.48. The molecule has 0 unspecified atom stereocenters. The first-order chi connectivity index (χ1) is 15.4. The molecule has 1 fully saturated rings. The zero-order valence-electron chi connectivity index (χ0n) is 17.8. The van der Waals surface area contributed by atoms with Crippen LogP contribution in [0.25, 0.3) is 0 Å². The van der Waals surface area contributed by atoms with Gasteiger partial charge in [0, 0.05) is 12.5 Å². The summed E-state index contributed by atoms with van der Waals surface area (Å²) in [5.41, 5.74) is 1.82. The third kappa shape index (κ3) is 3.05. The van der Waals surface area contributed by atoms with Gasteiger partial charge in [-0.3, -0.25) is 19.3 Å². The Kier molecular flexibility index (Phi) is 4.73. The zero-order chi connectivity index (χ0) is 22.5. The van der Waals surface area contributed by atoms with Crippen molar-refractivity contribution in [1.29, 1.82) is 0 Å². The van der Waals surface area contributed by atoms with E-state index >= 15 is 0 Å². The van der Waals surface area contributed by atoms with Crippen molar-refractivity contribution in [3.63, 3.8) is 0 Å². The molecule has 0 saturated carbocycles. The number of rotatable bonds is 2. The molecule has 32 heavy (non-hydrogen) atoms. The van der Waals surface area contributed by atoms with E-state index in [0.717, 1.165) is 28.9 Å². The lowest BCUT2D eigenvalue weighted by Gasteiger charge is -2.33. The van der Waals surface area contributed by atoms with Crippen LogP contribution >= 0.6 is 0 Å². The summed E-state index contributed by atoms with van der Waals surface area (Å²) in [6, 6.07) is 13.7. The van der Waals surface area contributed by atoms with Crippen LogP contribution in [0.4, 0.5) is 16.2 Å². The summed E-state index contributed by atoms with van der Waals surface area (Å²) >= 11 is 0. The van der Waals surface area contributed by atoms with E-state index in [-0.39, 0.29) is 18.9 Å². The Morgan fingerprint density at radius 1 is 1.09 bits per heavy atom. The quantitative estimate of drug-likeness (QED) is 0.713. The highest BCUT2D eigenvalue weighted by molar-refractivity contribution is 6.12. The molecule has 0 bridgehead atoms. The summed E-state index contributed by atoms with van der Waals surface area (Å²) in [6.07, 6.45) is 2.25. The number of urea groups is 1. The van der Waals surface area contributed by atoms with E-state index in [2.05, 4.69) is 10.6 Å². The van der Waals surface area contributed by atoms with Crippen molar-refractivity contribution in [3.05, 3.63) is 59.7 Å². The number of aryl methyl sites for hydroxylation is 1. The van der Waals surface area contributed by atoms with Crippen LogP contribution in [0.15, 0.2) is 48.5 Å². The number of fused-ring (bicyclic) bond motifs is 3. The number of hydrogen-bond donors (Lipinski definition) is 2. The van der Waals surface area contributed by atoms with Crippen LogP contribution in [-0.4, -0.2) is 41.2 Å². The van der Waals surface area contributed by atoms with Gasteiger partial charge in [0.05, 0.1) is 11.4 Å². The normalized spacial score (nSPS) is 24.5. The largest absolute Gasteiger partial charge is 0.325 e. The van der Waals surface area contributed by atoms with Crippen molar-refractivity contribution in [3.8, 4) is 0 Å². The monoisotopic (exact) mass is 432 g/mol. The Morgan fingerprint density at radius 2 is 1.84 bits per heavy atom. The highest BCUT2D eigenvalue weighted by atomic mass is 16.2. The maximum absolute atomic E-state index is 13.5. The van der Waals surface area contributed by atoms with E-state index < -0.39 is 29.4 Å². The second-order valence-electron chi connectivity index (χ2n) is 8.62. The molecule has 0 radical (unpaired) electrons. The molecule has 164 valence electrons. The second kappa shape index (κ2) is 7.47. The third-order valence-electron chi connectivity index (χ3n) is 6.57. The second-order valence-corrected chi connectivity index (χ2v) is 8.62. The molecule has 8 nitrogen and oxygen atoms in total. The maximum Gasteiger partial charge on any atom is 0.325 e. The van der Waals surface area contributed by atoms with E-state index in [1.165, 1.54) is 4.90 Å². The van der Waals surface area contributed by atoms with Crippen LogP contribution in [0.2, 0.25) is 0 Å². The lowest BCUT2D eigenvalue weighted by atomic mass is 9.76. The Labute approximate surface area is 185 Å². The number of nitrogens with zero attached hydrogens (tertiary/aromatic N) is 2. The summed E-state index contributed by atoms with van der Waals surface area (Å²) < 4.78 is 0. The van der Waals surface area contributed by atoms with Gasteiger partial charge in [0.1, 0.15) is 12.1 Å². The molecular weight excluding hydrogens is 408 g/mol. The van der Waals surface area contributed by atoms with Crippen LogP contribution in [-0.2, 0) is 26.3 Å². The molecule has 2 atom stereocenters. The van der Waals surface area contributed by atoms with Crippen LogP contribution in [0.3, 0.4) is 0 Å². The predicted octanol–water partition coefficient (Wildman–Crippen LogP) is 2.53. The van der Waals surface area contributed by atoms with Crippen LogP contribution in [0.1, 0.15) is 37.3 Å². The number of hydrogen-bond acceptors (Lipinski definition) is 4. The number of benzene rings is 2. The minimum atomic E-state index is -1.12. The molecule has 2 heterocycles. The van der Waals surface area contributed by atoms with Crippen molar-refractivity contribution < 1.29 is 19.2 Å². The van der Waals surface area contributed by atoms with Gasteiger partial charge in [-0.05, 0) is 49.4 Å². The number of amides is 5. The highest BCUT2D eigenvalue weighted by Gasteiger charge is 2.54. The van der Waals surface area contributed by atoms with E-state index in [4.69, 9.17) is 0 Å². The van der Waals surface area contributed by atoms with Crippen LogP contribution < -0.4 is 15.5 Å². The van der Waals surface area contributed by atoms with Gasteiger partial charge < -0.3 is 15.5 Å². The molecule has 1 spiro atoms. The highest BCUT2D eigenvalue weighted by Crippen LogP contribution is 2.40. The van der Waals surface area contributed by atoms with Gasteiger partial charge in [-0.1, -0.05) is 36.4 Å². The first kappa shape index (κ1) is 20.2. The summed E-state index contributed by atoms with van der Waals surface area (Å²) in [5.74, 6) is -0.993. The fourth-order valence-corrected chi connectivity index (χ4v) is 5.13. The van der Waals surface area contributed by atoms with Crippen molar-refractivity contribution in [2.75, 3.05) is 16.8 Å². The van der Waals surface area contributed by atoms with Gasteiger partial charge in [-0.15, -0.1) is 0 Å². The first-order valence-electron chi connectivity index (χ1n) is 10.8. The molecular formula is C24H24N4O4. The van der Waals surface area contributed by atoms with Gasteiger partial charge in [0.15, 0.2) is 0 Å². The Hall–Kier alpha value is -3.68. The van der Waals surface area contributed by atoms with Crippen molar-refractivity contribution >= 4 is 35.1 Å². The zero-order valence-corrected chi connectivity index (χ0v) is 17.8. The van der Waals surface area contributed by atoms with Gasteiger partial charge in [0.2, 0.25) is 11.8 Å². The number of carbonyl (C=O) groups excluding carboxylic acids is 4. The lowest BCUT2D eigenvalue weighted by molar-refractivity contribution is -0.135. The van der Waals surface area contributed by atoms with E-state index in [1.807, 2.05) is 24.3 Å². The molecule has 2 N–H and O–H groups in total. The molecule has 2 aromatic rings. The van der Waals surface area contributed by atoms with E-state index in [0.29, 0.717) is 17.8 Å². The molecule has 3 aliphatic rings. The van der Waals surface area contributed by atoms with E-state index in [1.54, 1.807) is 31.2 Å². The van der Waals surface area contributed by atoms with E-state index in [9.17, 15) is 19.2 Å². The standard InChI is InChI=1S/C24H24N4O4/c1-15-13-20(29)25-18-10-4-5-11-19(18)28(15)21(30)14-27-22(31)24(26-23(27)32)12-6-8-16-7-2-3-9-17(16)24/h2-5,7,9-11,15H,6,8,12-14H2,1H3,(H,25,29)(H,26,32)/t15-,24+/m1/s1. The predicted molar refractivity (Wildman–Crippen MR) is 118 cm³/mol. The molecule has 2 aliphatic heterocycles. The molecule has 0 aromatic heterocycles. The summed E-state index contributed by atoms with van der Waals surface area (Å²) in [6.45, 7) is 1.39. The van der Waals surface area contributed by atoms with Gasteiger partial charge >= 0.3 is 6.03 Å². The van der Waals surface area contributed by atoms with Crippen LogP contribution in [0.5, 0.6) is 0 Å². The topological polar surface area (TPSA) is 98.8 Å². The number of imide groups is 1. The van der Waals surface area contributed by atoms with Gasteiger partial charge in [0.25, 0.3) is 5.91 Å². The van der Waals surface area contributed by atoms with Gasteiger partial charge in [-0.25, -0.2) is 4.79 Å². The fraction of sp³-hybridized carbons (Fsp3) is 0.333. The number of para-hydroxylation sites is 2. The molecule has 2 aromatic carbocycles. The average Bonchev–Trinajstić information content (AvgIpc) is 2.91. The minimum Gasteiger partial charge on any atom is -0.324 e. The van der Waals surface area contributed by atoms with Gasteiger partial charge in [-0.2, -0.15) is 0 Å². The fourth-order valence-electron chi connectivity index (χ4n) is 5.13. The number of nitrogens with one attached hydrogen (secondary N) is 2. The Morgan fingerprint density at radius 3 is 2.69 bits per heavy atom. The molecule has 1 aliphatic carbocycles. The molecule has 5 amide bonds. The summed E-state index contributed by atoms with van der Waals surface area (Å²) in [5, 5.41) is 5.70. The van der Waals surface area contributed by atoms with Crippen molar-refractivity contribution in [2.24, 2.45) is 0 Å². The van der Waals surface area contributed by atoms with Crippen molar-refractivity contribution in [2.45, 2.75) is 44.2 Å². The average molecular weight is 432 g/mol. The molecule has 5 rings (SSSR count). The van der Waals surface area contributed by atoms with Crippen molar-refractivity contribution in [1.82, 2.24) is 10.2 Å². The van der Waals surface area contributed by atoms with Crippen LogP contribution in [0, 0.1) is 0 Å².